The van der Waals surface area contributed by atoms with Gasteiger partial charge in [0.2, 0.25) is 17.7 Å². The Kier molecular flexibility index (Phi) is 20.8. The Morgan fingerprint density at radius 2 is 1.20 bits per heavy atom. The summed E-state index contributed by atoms with van der Waals surface area (Å²) in [5.41, 5.74) is 18.0. The SMILES string of the molecule is CNC(=O)CCNC(=O)CSCCCC(=O)NCCCOC1OC(COC2OC(COCC3OC(CO)C(O)C(O)C3N)C(O)C(O)C2N)C(O)C(O)C1N. The minimum Gasteiger partial charge on any atom is -0.394 e. The normalized spacial score (nSPS) is 36.6. The number of thioether (sulfide) groups is 1. The van der Waals surface area contributed by atoms with Crippen LogP contribution >= 0.6 is 11.8 Å². The fourth-order valence-electron chi connectivity index (χ4n) is 5.91. The topological polar surface area (TPSA) is 362 Å². The van der Waals surface area contributed by atoms with E-state index in [9.17, 15) is 50.1 Å². The van der Waals surface area contributed by atoms with E-state index in [0.29, 0.717) is 18.6 Å². The largest absolute Gasteiger partial charge is 0.394 e. The van der Waals surface area contributed by atoms with Crippen molar-refractivity contribution in [2.75, 3.05) is 64.7 Å². The fraction of sp³-hybridized carbons (Fsp3) is 0.906. The molecule has 3 heterocycles. The molecule has 15 atom stereocenters. The van der Waals surface area contributed by atoms with Gasteiger partial charge in [-0.2, -0.15) is 11.8 Å². The molecule has 0 radical (unpaired) electrons. The third-order valence-corrected chi connectivity index (χ3v) is 10.4. The molecule has 3 aliphatic rings. The van der Waals surface area contributed by atoms with E-state index in [1.54, 1.807) is 0 Å². The predicted octanol–water partition coefficient (Wildman–Crippen LogP) is -7.34. The standard InChI is InChI=1S/C32H60N6O16S/c1-36-19(40)5-7-38-21(42)14-55-9-2-4-20(41)37-6-3-8-50-31-23(34)29(47)27(45)18(54-31)13-51-32-24(35)30(48)26(44)17(53-32)12-49-11-16-22(33)28(46)25(43)15(10-39)52-16/h15-18,22-32,39,43-48H,2-14,33-35H2,1H3,(H,36,40)(H,37,41)(H,38,42). The molecule has 320 valence electrons. The molecule has 0 aromatic carbocycles. The molecule has 3 saturated heterocycles. The van der Waals surface area contributed by atoms with Crippen molar-refractivity contribution in [3.05, 3.63) is 0 Å². The number of carbonyl (C=O) groups excluding carboxylic acids is 3. The quantitative estimate of drug-likeness (QED) is 0.0451. The number of rotatable bonds is 22. The van der Waals surface area contributed by atoms with E-state index in [1.165, 1.54) is 18.8 Å². The van der Waals surface area contributed by atoms with Gasteiger partial charge in [0.25, 0.3) is 0 Å². The monoisotopic (exact) mass is 816 g/mol. The van der Waals surface area contributed by atoms with Crippen molar-refractivity contribution in [3.63, 3.8) is 0 Å². The summed E-state index contributed by atoms with van der Waals surface area (Å²) in [5.74, 6) is 0.312. The van der Waals surface area contributed by atoms with Crippen molar-refractivity contribution in [1.29, 1.82) is 0 Å². The van der Waals surface area contributed by atoms with E-state index in [1.807, 2.05) is 0 Å². The molecule has 0 aromatic rings. The van der Waals surface area contributed by atoms with E-state index in [-0.39, 0.29) is 69.2 Å². The van der Waals surface area contributed by atoms with Crippen LogP contribution in [0.25, 0.3) is 0 Å². The van der Waals surface area contributed by atoms with Gasteiger partial charge in [-0.3, -0.25) is 14.4 Å². The van der Waals surface area contributed by atoms with Crippen molar-refractivity contribution in [1.82, 2.24) is 16.0 Å². The third-order valence-electron chi connectivity index (χ3n) is 9.37. The lowest BCUT2D eigenvalue weighted by Crippen LogP contribution is -2.65. The molecule has 0 aromatic heterocycles. The van der Waals surface area contributed by atoms with E-state index in [2.05, 4.69) is 16.0 Å². The molecule has 22 nitrogen and oxygen atoms in total. The van der Waals surface area contributed by atoms with Gasteiger partial charge in [0.05, 0.1) is 63.0 Å². The van der Waals surface area contributed by atoms with Crippen LogP contribution < -0.4 is 33.2 Å². The molecule has 3 rings (SSSR count). The summed E-state index contributed by atoms with van der Waals surface area (Å²) in [7, 11) is 1.52. The summed E-state index contributed by atoms with van der Waals surface area (Å²) in [6.07, 6.45) is -14.2. The molecule has 16 N–H and O–H groups in total. The number of hydrogen-bond donors (Lipinski definition) is 13. The van der Waals surface area contributed by atoms with E-state index in [4.69, 9.17) is 45.6 Å². The lowest BCUT2D eigenvalue weighted by Gasteiger charge is -2.44. The van der Waals surface area contributed by atoms with Crippen molar-refractivity contribution >= 4 is 29.5 Å². The molecule has 0 bridgehead atoms. The third kappa shape index (κ3) is 14.5. The molecule has 3 aliphatic heterocycles. The maximum atomic E-state index is 12.2. The summed E-state index contributed by atoms with van der Waals surface area (Å²) in [6.45, 7) is -0.874. The van der Waals surface area contributed by atoms with E-state index in [0.717, 1.165) is 0 Å². The smallest absolute Gasteiger partial charge is 0.230 e. The zero-order chi connectivity index (χ0) is 40.7. The fourth-order valence-corrected chi connectivity index (χ4v) is 6.69. The number of hydrogen-bond acceptors (Lipinski definition) is 20. The minimum atomic E-state index is -1.52. The first-order valence-electron chi connectivity index (χ1n) is 18.2. The molecular formula is C32H60N6O16S. The summed E-state index contributed by atoms with van der Waals surface area (Å²) < 4.78 is 34.1. The summed E-state index contributed by atoms with van der Waals surface area (Å²) in [4.78, 5) is 35.2. The Morgan fingerprint density at radius 1 is 0.636 bits per heavy atom. The predicted molar refractivity (Wildman–Crippen MR) is 192 cm³/mol. The van der Waals surface area contributed by atoms with Crippen LogP contribution in [0.3, 0.4) is 0 Å². The van der Waals surface area contributed by atoms with Crippen LogP contribution in [0.5, 0.6) is 0 Å². The highest BCUT2D eigenvalue weighted by Gasteiger charge is 2.47. The molecule has 55 heavy (non-hydrogen) atoms. The number of nitrogens with one attached hydrogen (secondary N) is 3. The van der Waals surface area contributed by atoms with Gasteiger partial charge in [-0.25, -0.2) is 0 Å². The van der Waals surface area contributed by atoms with Crippen molar-refractivity contribution < 1.29 is 78.6 Å². The van der Waals surface area contributed by atoms with Crippen LogP contribution in [0.1, 0.15) is 25.7 Å². The van der Waals surface area contributed by atoms with Gasteiger partial charge in [0, 0.05) is 33.0 Å². The molecule has 15 unspecified atom stereocenters. The lowest BCUT2D eigenvalue weighted by atomic mass is 9.94. The zero-order valence-electron chi connectivity index (χ0n) is 30.8. The maximum absolute atomic E-state index is 12.2. The van der Waals surface area contributed by atoms with Crippen LogP contribution in [0.2, 0.25) is 0 Å². The first-order chi connectivity index (χ1) is 26.2. The second-order valence-corrected chi connectivity index (χ2v) is 14.6. The van der Waals surface area contributed by atoms with Gasteiger partial charge in [0.1, 0.15) is 54.9 Å². The summed E-state index contributed by atoms with van der Waals surface area (Å²) in [5, 5.41) is 79.8. The minimum absolute atomic E-state index is 0.0826. The van der Waals surface area contributed by atoms with Crippen molar-refractivity contribution in [2.45, 2.75) is 117 Å². The van der Waals surface area contributed by atoms with Gasteiger partial charge < -0.3 is 97.3 Å². The Balaban J connectivity index is 1.35. The van der Waals surface area contributed by atoms with E-state index >= 15 is 0 Å². The Bertz CT molecular complexity index is 1170. The van der Waals surface area contributed by atoms with E-state index < -0.39 is 105 Å². The number of ether oxygens (including phenoxy) is 6. The van der Waals surface area contributed by atoms with Gasteiger partial charge in [0.15, 0.2) is 12.6 Å². The average Bonchev–Trinajstić information content (AvgIpc) is 3.17. The highest BCUT2D eigenvalue weighted by molar-refractivity contribution is 7.99. The van der Waals surface area contributed by atoms with Crippen LogP contribution in [-0.4, -0.2) is 210 Å². The highest BCUT2D eigenvalue weighted by atomic mass is 32.2. The molecule has 0 aliphatic carbocycles. The lowest BCUT2D eigenvalue weighted by molar-refractivity contribution is -0.301. The number of aliphatic hydroxyl groups is 7. The molecule has 0 saturated carbocycles. The first kappa shape index (κ1) is 47.5. The molecule has 0 spiro atoms. The number of amides is 3. The Hall–Kier alpha value is -1.88. The zero-order valence-corrected chi connectivity index (χ0v) is 31.6. The van der Waals surface area contributed by atoms with Crippen molar-refractivity contribution in [2.24, 2.45) is 17.2 Å². The molecule has 23 heteroatoms. The number of aliphatic hydroxyl groups excluding tert-OH is 7. The first-order valence-corrected chi connectivity index (χ1v) is 19.4. The van der Waals surface area contributed by atoms with Gasteiger partial charge in [-0.1, -0.05) is 0 Å². The summed E-state index contributed by atoms with van der Waals surface area (Å²) >= 11 is 1.39. The van der Waals surface area contributed by atoms with Gasteiger partial charge in [-0.15, -0.1) is 0 Å². The molecule has 3 fully saturated rings. The van der Waals surface area contributed by atoms with Crippen LogP contribution in [0, 0.1) is 0 Å². The van der Waals surface area contributed by atoms with Gasteiger partial charge in [-0.05, 0) is 18.6 Å². The van der Waals surface area contributed by atoms with Crippen LogP contribution in [0.15, 0.2) is 0 Å². The summed E-state index contributed by atoms with van der Waals surface area (Å²) in [6, 6.07) is -3.41. The highest BCUT2D eigenvalue weighted by Crippen LogP contribution is 2.26. The molecule has 3 amide bonds. The Labute approximate surface area is 323 Å². The average molecular weight is 817 g/mol. The second kappa shape index (κ2) is 24.1. The van der Waals surface area contributed by atoms with Crippen LogP contribution in [-0.2, 0) is 42.8 Å². The van der Waals surface area contributed by atoms with Gasteiger partial charge >= 0.3 is 0 Å². The number of nitrogens with two attached hydrogens (primary N) is 3. The second-order valence-electron chi connectivity index (χ2n) is 13.5. The Morgan fingerprint density at radius 3 is 1.84 bits per heavy atom. The van der Waals surface area contributed by atoms with Crippen LogP contribution in [0.4, 0.5) is 0 Å². The van der Waals surface area contributed by atoms with Crippen molar-refractivity contribution in [3.8, 4) is 0 Å². The number of carbonyl (C=O) groups is 3. The molecular weight excluding hydrogens is 756 g/mol. The maximum Gasteiger partial charge on any atom is 0.230 e.